The second-order valence-electron chi connectivity index (χ2n) is 5.28. The van der Waals surface area contributed by atoms with E-state index in [-0.39, 0.29) is 5.91 Å². The van der Waals surface area contributed by atoms with Gasteiger partial charge >= 0.3 is 0 Å². The van der Waals surface area contributed by atoms with E-state index in [1.807, 2.05) is 61.5 Å². The molecule has 3 N–H and O–H groups in total. The number of aryl methyl sites for hydroxylation is 1. The second kappa shape index (κ2) is 6.79. The average Bonchev–Trinajstić information content (AvgIpc) is 3.01. The van der Waals surface area contributed by atoms with Crippen molar-refractivity contribution in [3.63, 3.8) is 0 Å². The Morgan fingerprint density at radius 1 is 1.04 bits per heavy atom. The molecule has 3 rings (SSSR count). The van der Waals surface area contributed by atoms with E-state index in [2.05, 4.69) is 20.8 Å². The number of carbonyl (C=O) groups excluding carboxylic acids is 1. The van der Waals surface area contributed by atoms with Gasteiger partial charge in [0, 0.05) is 23.6 Å². The third-order valence-electron chi connectivity index (χ3n) is 3.56. The standard InChI is InChI=1S/C18H18N4O/c1-13-17(12-20-22-13)18(23)21-16-9-7-14(8-10-16)11-19-15-5-3-2-4-6-15/h2-10,12,19H,11H2,1H3,(H,20,22)(H,21,23). The summed E-state index contributed by atoms with van der Waals surface area (Å²) in [6.07, 6.45) is 1.53. The highest BCUT2D eigenvalue weighted by molar-refractivity contribution is 6.04. The molecule has 1 heterocycles. The van der Waals surface area contributed by atoms with Gasteiger partial charge in [0.15, 0.2) is 0 Å². The molecule has 116 valence electrons. The zero-order valence-corrected chi connectivity index (χ0v) is 12.8. The molecule has 2 aromatic carbocycles. The van der Waals surface area contributed by atoms with Crippen LogP contribution in [0.3, 0.4) is 0 Å². The van der Waals surface area contributed by atoms with Crippen LogP contribution in [0.15, 0.2) is 60.8 Å². The fourth-order valence-electron chi connectivity index (χ4n) is 2.24. The van der Waals surface area contributed by atoms with Gasteiger partial charge in [0.05, 0.1) is 11.8 Å². The molecule has 0 radical (unpaired) electrons. The minimum Gasteiger partial charge on any atom is -0.381 e. The van der Waals surface area contributed by atoms with Gasteiger partial charge in [0.25, 0.3) is 5.91 Å². The van der Waals surface area contributed by atoms with Crippen molar-refractivity contribution in [2.45, 2.75) is 13.5 Å². The van der Waals surface area contributed by atoms with E-state index in [4.69, 9.17) is 0 Å². The Kier molecular flexibility index (Phi) is 4.38. The van der Waals surface area contributed by atoms with Gasteiger partial charge in [-0.15, -0.1) is 0 Å². The predicted molar refractivity (Wildman–Crippen MR) is 91.5 cm³/mol. The lowest BCUT2D eigenvalue weighted by molar-refractivity contribution is 0.102. The van der Waals surface area contributed by atoms with Crippen molar-refractivity contribution in [2.75, 3.05) is 10.6 Å². The Balaban J connectivity index is 1.59. The normalized spacial score (nSPS) is 10.3. The van der Waals surface area contributed by atoms with Crippen LogP contribution in [0.1, 0.15) is 21.6 Å². The monoisotopic (exact) mass is 306 g/mol. The Labute approximate surface area is 134 Å². The van der Waals surface area contributed by atoms with Crippen LogP contribution >= 0.6 is 0 Å². The molecule has 0 bridgehead atoms. The minimum absolute atomic E-state index is 0.161. The maximum absolute atomic E-state index is 12.1. The van der Waals surface area contributed by atoms with Crippen LogP contribution in [-0.4, -0.2) is 16.1 Å². The smallest absolute Gasteiger partial charge is 0.259 e. The zero-order valence-electron chi connectivity index (χ0n) is 12.8. The van der Waals surface area contributed by atoms with Crippen molar-refractivity contribution in [1.82, 2.24) is 10.2 Å². The third-order valence-corrected chi connectivity index (χ3v) is 3.56. The lowest BCUT2D eigenvalue weighted by Crippen LogP contribution is -2.12. The number of aromatic nitrogens is 2. The number of aromatic amines is 1. The molecular formula is C18H18N4O. The molecule has 0 aliphatic carbocycles. The van der Waals surface area contributed by atoms with E-state index in [9.17, 15) is 4.79 Å². The number of nitrogens with one attached hydrogen (secondary N) is 3. The van der Waals surface area contributed by atoms with E-state index in [1.54, 1.807) is 0 Å². The van der Waals surface area contributed by atoms with E-state index in [0.717, 1.165) is 29.2 Å². The largest absolute Gasteiger partial charge is 0.381 e. The Morgan fingerprint density at radius 3 is 2.43 bits per heavy atom. The molecule has 1 aromatic heterocycles. The number of anilines is 2. The molecule has 23 heavy (non-hydrogen) atoms. The molecule has 5 heteroatoms. The number of hydrogen-bond acceptors (Lipinski definition) is 3. The van der Waals surface area contributed by atoms with Crippen LogP contribution in [-0.2, 0) is 6.54 Å². The Hall–Kier alpha value is -3.08. The van der Waals surface area contributed by atoms with Crippen molar-refractivity contribution in [3.8, 4) is 0 Å². The summed E-state index contributed by atoms with van der Waals surface area (Å²) in [6.45, 7) is 2.55. The summed E-state index contributed by atoms with van der Waals surface area (Å²) in [5, 5.41) is 12.8. The molecule has 0 aliphatic heterocycles. The molecule has 0 saturated carbocycles. The maximum Gasteiger partial charge on any atom is 0.259 e. The molecule has 3 aromatic rings. The second-order valence-corrected chi connectivity index (χ2v) is 5.28. The van der Waals surface area contributed by atoms with Crippen molar-refractivity contribution in [3.05, 3.63) is 77.6 Å². The van der Waals surface area contributed by atoms with Gasteiger partial charge in [-0.3, -0.25) is 9.89 Å². The number of nitrogens with zero attached hydrogens (tertiary/aromatic N) is 1. The molecule has 5 nitrogen and oxygen atoms in total. The van der Waals surface area contributed by atoms with Crippen molar-refractivity contribution >= 4 is 17.3 Å². The fraction of sp³-hybridized carbons (Fsp3) is 0.111. The minimum atomic E-state index is -0.161. The van der Waals surface area contributed by atoms with Crippen LogP contribution in [0.25, 0.3) is 0 Å². The molecule has 1 amide bonds. The first-order valence-electron chi connectivity index (χ1n) is 7.41. The van der Waals surface area contributed by atoms with Crippen LogP contribution < -0.4 is 10.6 Å². The number of H-pyrrole nitrogens is 1. The summed E-state index contributed by atoms with van der Waals surface area (Å²) in [5.41, 5.74) is 4.30. The highest BCUT2D eigenvalue weighted by atomic mass is 16.1. The van der Waals surface area contributed by atoms with Crippen LogP contribution in [0, 0.1) is 6.92 Å². The highest BCUT2D eigenvalue weighted by Crippen LogP contribution is 2.14. The van der Waals surface area contributed by atoms with E-state index in [1.165, 1.54) is 6.20 Å². The first-order chi connectivity index (χ1) is 11.2. The topological polar surface area (TPSA) is 69.8 Å². The zero-order chi connectivity index (χ0) is 16.1. The number of carbonyl (C=O) groups is 1. The Bertz CT molecular complexity index is 778. The SMILES string of the molecule is Cc1[nH]ncc1C(=O)Nc1ccc(CNc2ccccc2)cc1. The van der Waals surface area contributed by atoms with E-state index in [0.29, 0.717) is 5.56 Å². The van der Waals surface area contributed by atoms with Gasteiger partial charge < -0.3 is 10.6 Å². The van der Waals surface area contributed by atoms with Crippen molar-refractivity contribution < 1.29 is 4.79 Å². The predicted octanol–water partition coefficient (Wildman–Crippen LogP) is 3.58. The summed E-state index contributed by atoms with van der Waals surface area (Å²) in [4.78, 5) is 12.1. The molecule has 0 unspecified atom stereocenters. The summed E-state index contributed by atoms with van der Waals surface area (Å²) < 4.78 is 0. The van der Waals surface area contributed by atoms with Crippen molar-refractivity contribution in [2.24, 2.45) is 0 Å². The van der Waals surface area contributed by atoms with E-state index < -0.39 is 0 Å². The molecule has 0 spiro atoms. The van der Waals surface area contributed by atoms with Crippen LogP contribution in [0.5, 0.6) is 0 Å². The summed E-state index contributed by atoms with van der Waals surface area (Å²) in [6, 6.07) is 17.8. The third kappa shape index (κ3) is 3.77. The maximum atomic E-state index is 12.1. The fourth-order valence-corrected chi connectivity index (χ4v) is 2.24. The lowest BCUT2D eigenvalue weighted by Gasteiger charge is -2.08. The molecule has 0 saturated heterocycles. The molecular weight excluding hydrogens is 288 g/mol. The van der Waals surface area contributed by atoms with Crippen LogP contribution in [0.2, 0.25) is 0 Å². The van der Waals surface area contributed by atoms with Gasteiger partial charge in [-0.05, 0) is 36.8 Å². The molecule has 0 aliphatic rings. The van der Waals surface area contributed by atoms with Crippen LogP contribution in [0.4, 0.5) is 11.4 Å². The quantitative estimate of drug-likeness (QED) is 0.675. The summed E-state index contributed by atoms with van der Waals surface area (Å²) in [7, 11) is 0. The van der Waals surface area contributed by atoms with Gasteiger partial charge in [-0.1, -0.05) is 30.3 Å². The number of benzene rings is 2. The van der Waals surface area contributed by atoms with Gasteiger partial charge in [0.1, 0.15) is 0 Å². The number of para-hydroxylation sites is 1. The lowest BCUT2D eigenvalue weighted by atomic mass is 10.2. The van der Waals surface area contributed by atoms with E-state index >= 15 is 0 Å². The van der Waals surface area contributed by atoms with Gasteiger partial charge in [-0.2, -0.15) is 5.10 Å². The number of amides is 1. The van der Waals surface area contributed by atoms with Crippen molar-refractivity contribution in [1.29, 1.82) is 0 Å². The summed E-state index contributed by atoms with van der Waals surface area (Å²) in [5.74, 6) is -0.161. The first kappa shape index (κ1) is 14.8. The van der Waals surface area contributed by atoms with Gasteiger partial charge in [-0.25, -0.2) is 0 Å². The number of hydrogen-bond donors (Lipinski definition) is 3. The molecule has 0 atom stereocenters. The van der Waals surface area contributed by atoms with Gasteiger partial charge in [0.2, 0.25) is 0 Å². The summed E-state index contributed by atoms with van der Waals surface area (Å²) >= 11 is 0. The average molecular weight is 306 g/mol. The molecule has 0 fully saturated rings. The Morgan fingerprint density at radius 2 is 1.78 bits per heavy atom. The number of rotatable bonds is 5. The highest BCUT2D eigenvalue weighted by Gasteiger charge is 2.10. The first-order valence-corrected chi connectivity index (χ1v) is 7.41.